The van der Waals surface area contributed by atoms with Crippen molar-refractivity contribution in [2.24, 2.45) is 0 Å². The monoisotopic (exact) mass is 620 g/mol. The molecule has 44 heavy (non-hydrogen) atoms. The van der Waals surface area contributed by atoms with Gasteiger partial charge in [0.05, 0.1) is 23.3 Å². The van der Waals surface area contributed by atoms with E-state index in [0.29, 0.717) is 0 Å². The number of carbonyl (C=O) groups is 3. The Bertz CT molecular complexity index is 1550. The highest BCUT2D eigenvalue weighted by atomic mass is 16.6. The third-order valence-electron chi connectivity index (χ3n) is 6.35. The Balaban J connectivity index is 1.56. The van der Waals surface area contributed by atoms with Gasteiger partial charge in [0.1, 0.15) is 18.8 Å². The zero-order chi connectivity index (χ0) is 32.5. The number of carbonyl (C=O) groups excluding carboxylic acids is 3. The molecule has 1 heterocycles. The van der Waals surface area contributed by atoms with E-state index in [2.05, 4.69) is 0 Å². The summed E-state index contributed by atoms with van der Waals surface area (Å²) in [5.74, 6) is -11.6. The van der Waals surface area contributed by atoms with Crippen LogP contribution in [0.2, 0.25) is 0 Å². The molecular weight excluding hydrogens is 596 g/mol. The summed E-state index contributed by atoms with van der Waals surface area (Å²) in [5, 5.41) is 97.7. The van der Waals surface area contributed by atoms with Crippen LogP contribution < -0.4 is 0 Å². The molecule has 4 atom stereocenters. The van der Waals surface area contributed by atoms with Crippen LogP contribution in [0.1, 0.15) is 31.1 Å². The predicted molar refractivity (Wildman–Crippen MR) is 139 cm³/mol. The zero-order valence-corrected chi connectivity index (χ0v) is 22.0. The van der Waals surface area contributed by atoms with Gasteiger partial charge in [-0.2, -0.15) is 0 Å². The molecule has 10 N–H and O–H groups in total. The van der Waals surface area contributed by atoms with Gasteiger partial charge in [-0.3, -0.25) is 0 Å². The van der Waals surface area contributed by atoms with Gasteiger partial charge < -0.3 is 70.0 Å². The van der Waals surface area contributed by atoms with Crippen molar-refractivity contribution in [3.63, 3.8) is 0 Å². The quantitative estimate of drug-likeness (QED) is 0.0971. The average molecular weight is 620 g/mol. The summed E-state index contributed by atoms with van der Waals surface area (Å²) in [4.78, 5) is 38.1. The lowest BCUT2D eigenvalue weighted by Crippen LogP contribution is -2.57. The van der Waals surface area contributed by atoms with Crippen LogP contribution in [0.25, 0.3) is 0 Å². The Labute approximate surface area is 245 Å². The van der Waals surface area contributed by atoms with Crippen molar-refractivity contribution in [3.05, 3.63) is 53.1 Å². The van der Waals surface area contributed by atoms with E-state index in [1.54, 1.807) is 0 Å². The summed E-state index contributed by atoms with van der Waals surface area (Å²) in [6.45, 7) is -1.33. The highest BCUT2D eigenvalue weighted by Gasteiger charge is 2.45. The molecule has 1 fully saturated rings. The summed E-state index contributed by atoms with van der Waals surface area (Å²) in [6.07, 6.45) is -6.74. The smallest absolute Gasteiger partial charge is 0.338 e. The van der Waals surface area contributed by atoms with Crippen molar-refractivity contribution in [1.82, 2.24) is 0 Å². The van der Waals surface area contributed by atoms with Crippen LogP contribution in [-0.2, 0) is 18.9 Å². The minimum atomic E-state index is -1.90. The van der Waals surface area contributed by atoms with E-state index in [4.69, 9.17) is 18.9 Å². The van der Waals surface area contributed by atoms with Gasteiger partial charge in [0.2, 0.25) is 0 Å². The van der Waals surface area contributed by atoms with Crippen LogP contribution in [0, 0.1) is 0 Å². The molecule has 0 saturated carbocycles. The van der Waals surface area contributed by atoms with Crippen molar-refractivity contribution in [3.8, 4) is 51.7 Å². The van der Waals surface area contributed by atoms with Gasteiger partial charge in [-0.25, -0.2) is 14.4 Å². The first-order valence-electron chi connectivity index (χ1n) is 12.3. The molecule has 0 spiro atoms. The van der Waals surface area contributed by atoms with E-state index >= 15 is 0 Å². The number of phenolic OH excluding ortho intramolecular Hbond substituents is 9. The Morgan fingerprint density at radius 3 is 1.39 bits per heavy atom. The van der Waals surface area contributed by atoms with E-state index in [-0.39, 0.29) is 0 Å². The zero-order valence-electron chi connectivity index (χ0n) is 22.0. The van der Waals surface area contributed by atoms with Gasteiger partial charge in [0, 0.05) is 0 Å². The van der Waals surface area contributed by atoms with Crippen LogP contribution in [0.5, 0.6) is 51.7 Å². The number of rotatable bonds is 7. The number of aromatic hydroxyl groups is 9. The molecule has 1 saturated heterocycles. The lowest BCUT2D eigenvalue weighted by atomic mass is 9.99. The van der Waals surface area contributed by atoms with Gasteiger partial charge in [-0.1, -0.05) is 0 Å². The van der Waals surface area contributed by atoms with E-state index in [1.807, 2.05) is 0 Å². The van der Waals surface area contributed by atoms with Gasteiger partial charge in [0.15, 0.2) is 64.0 Å². The lowest BCUT2D eigenvalue weighted by molar-refractivity contribution is -0.196. The van der Waals surface area contributed by atoms with Crippen LogP contribution in [0.4, 0.5) is 0 Å². The first kappa shape index (κ1) is 31.1. The molecule has 1 aliphatic rings. The molecular formula is C27H24O17. The Hall–Kier alpha value is -5.81. The van der Waals surface area contributed by atoms with Gasteiger partial charge in [-0.15, -0.1) is 0 Å². The molecule has 3 aromatic rings. The molecule has 4 rings (SSSR count). The molecule has 0 aromatic heterocycles. The van der Waals surface area contributed by atoms with Gasteiger partial charge >= 0.3 is 17.9 Å². The van der Waals surface area contributed by atoms with Crippen LogP contribution in [0.15, 0.2) is 36.4 Å². The van der Waals surface area contributed by atoms with Crippen molar-refractivity contribution in [1.29, 1.82) is 0 Å². The maximum Gasteiger partial charge on any atom is 0.338 e. The number of benzene rings is 3. The predicted octanol–water partition coefficient (Wildman–Crippen LogP) is 0.405. The standard InChI is InChI=1S/C27H24O17/c28-12-1-9(2-13(29)20(12)34)25(38)42-7-18-23(37)24(44-27(40)11-5-16(32)22(36)17(33)6-11)19(8-41-18)43-26(39)10-3-14(30)21(35)15(31)4-10/h1-6,18-19,23-24,28-37H,7-8H2. The van der Waals surface area contributed by atoms with E-state index < -0.39 is 124 Å². The summed E-state index contributed by atoms with van der Waals surface area (Å²) >= 11 is 0. The number of esters is 3. The number of aliphatic hydroxyl groups is 1. The minimum absolute atomic E-state index is 0.398. The summed E-state index contributed by atoms with van der Waals surface area (Å²) in [7, 11) is 0. The molecule has 0 aliphatic carbocycles. The van der Waals surface area contributed by atoms with Crippen LogP contribution >= 0.6 is 0 Å². The number of ether oxygens (including phenoxy) is 4. The number of hydrogen-bond donors (Lipinski definition) is 10. The maximum absolute atomic E-state index is 12.9. The number of phenols is 9. The average Bonchev–Trinajstić information content (AvgIpc) is 2.97. The van der Waals surface area contributed by atoms with E-state index in [9.17, 15) is 65.4 Å². The van der Waals surface area contributed by atoms with Gasteiger partial charge in [0.25, 0.3) is 0 Å². The third kappa shape index (κ3) is 6.32. The second-order valence-corrected chi connectivity index (χ2v) is 9.36. The summed E-state index contributed by atoms with van der Waals surface area (Å²) in [6, 6.07) is 4.54. The van der Waals surface area contributed by atoms with Crippen molar-refractivity contribution in [2.75, 3.05) is 13.2 Å². The summed E-state index contributed by atoms with van der Waals surface area (Å²) in [5.41, 5.74) is -1.38. The molecule has 17 heteroatoms. The molecule has 3 aromatic carbocycles. The number of aliphatic hydroxyl groups excluding tert-OH is 1. The normalized spacial score (nSPS) is 19.6. The maximum atomic E-state index is 12.9. The summed E-state index contributed by atoms with van der Waals surface area (Å²) < 4.78 is 21.1. The molecule has 1 aliphatic heterocycles. The molecule has 17 nitrogen and oxygen atoms in total. The molecule has 4 unspecified atom stereocenters. The number of hydrogen-bond acceptors (Lipinski definition) is 17. The first-order chi connectivity index (χ1) is 20.7. The largest absolute Gasteiger partial charge is 0.504 e. The second kappa shape index (κ2) is 12.2. The Morgan fingerprint density at radius 1 is 0.614 bits per heavy atom. The third-order valence-corrected chi connectivity index (χ3v) is 6.35. The van der Waals surface area contributed by atoms with Crippen LogP contribution in [0.3, 0.4) is 0 Å². The fourth-order valence-electron chi connectivity index (χ4n) is 4.04. The first-order valence-corrected chi connectivity index (χ1v) is 12.3. The van der Waals surface area contributed by atoms with E-state index in [1.165, 1.54) is 0 Å². The van der Waals surface area contributed by atoms with Crippen molar-refractivity contribution >= 4 is 17.9 Å². The highest BCUT2D eigenvalue weighted by molar-refractivity contribution is 5.92. The Kier molecular flexibility index (Phi) is 8.63. The Morgan fingerprint density at radius 2 is 0.977 bits per heavy atom. The molecule has 0 bridgehead atoms. The van der Waals surface area contributed by atoms with Crippen molar-refractivity contribution in [2.45, 2.75) is 24.4 Å². The van der Waals surface area contributed by atoms with Crippen LogP contribution in [-0.4, -0.2) is 107 Å². The fourth-order valence-corrected chi connectivity index (χ4v) is 4.04. The van der Waals surface area contributed by atoms with Crippen molar-refractivity contribution < 1.29 is 84.4 Å². The highest BCUT2D eigenvalue weighted by Crippen LogP contribution is 2.38. The topological polar surface area (TPSA) is 290 Å². The van der Waals surface area contributed by atoms with Gasteiger partial charge in [-0.05, 0) is 36.4 Å². The fraction of sp³-hybridized carbons (Fsp3) is 0.222. The second-order valence-electron chi connectivity index (χ2n) is 9.36. The molecule has 0 amide bonds. The molecule has 234 valence electrons. The van der Waals surface area contributed by atoms with E-state index in [0.717, 1.165) is 36.4 Å². The minimum Gasteiger partial charge on any atom is -0.504 e. The molecule has 0 radical (unpaired) electrons. The SMILES string of the molecule is O=C(OCC1OCC(OC(=O)c2cc(O)c(O)c(O)c2)C(OC(=O)c2cc(O)c(O)c(O)c2)C1O)c1cc(O)c(O)c(O)c1. The lowest BCUT2D eigenvalue weighted by Gasteiger charge is -2.38.